The van der Waals surface area contributed by atoms with Crippen molar-refractivity contribution in [1.82, 2.24) is 5.32 Å². The molecule has 2 aliphatic rings. The Morgan fingerprint density at radius 2 is 1.67 bits per heavy atom. The van der Waals surface area contributed by atoms with Crippen LogP contribution >= 0.6 is 0 Å². The van der Waals surface area contributed by atoms with E-state index >= 15 is 0 Å². The SMILES string of the molecule is C1=CC(=C2NC=Cc3ccccc32)C=C1. The normalized spacial score (nSPS) is 16.8. The number of nitrogens with one attached hydrogen (secondary N) is 1. The molecular weight excluding hydrogens is 182 g/mol. The van der Waals surface area contributed by atoms with E-state index in [2.05, 4.69) is 60.0 Å². The third kappa shape index (κ3) is 1.33. The predicted octanol–water partition coefficient (Wildman–Crippen LogP) is 3.10. The van der Waals surface area contributed by atoms with Crippen LogP contribution in [0, 0.1) is 0 Å². The standard InChI is InChI=1S/C14H11N/c1-2-7-12(6-1)14-13-8-4-3-5-11(13)9-10-15-14/h1-10,15H. The summed E-state index contributed by atoms with van der Waals surface area (Å²) in [5, 5.41) is 3.31. The van der Waals surface area contributed by atoms with E-state index in [1.165, 1.54) is 22.4 Å². The molecule has 72 valence electrons. The maximum atomic E-state index is 3.31. The van der Waals surface area contributed by atoms with Gasteiger partial charge in [0, 0.05) is 11.8 Å². The van der Waals surface area contributed by atoms with Crippen LogP contribution in [0.5, 0.6) is 0 Å². The molecule has 1 aliphatic heterocycles. The predicted molar refractivity (Wildman–Crippen MR) is 63.8 cm³/mol. The third-order valence-corrected chi connectivity index (χ3v) is 2.67. The van der Waals surface area contributed by atoms with Crippen molar-refractivity contribution in [2.45, 2.75) is 0 Å². The van der Waals surface area contributed by atoms with Crippen molar-refractivity contribution < 1.29 is 0 Å². The molecule has 0 atom stereocenters. The topological polar surface area (TPSA) is 12.0 Å². The summed E-state index contributed by atoms with van der Waals surface area (Å²) in [5.41, 5.74) is 4.98. The van der Waals surface area contributed by atoms with Crippen molar-refractivity contribution in [2.75, 3.05) is 0 Å². The maximum absolute atomic E-state index is 3.31. The van der Waals surface area contributed by atoms with Crippen LogP contribution in [0.2, 0.25) is 0 Å². The average molecular weight is 193 g/mol. The number of hydrogen-bond acceptors (Lipinski definition) is 1. The van der Waals surface area contributed by atoms with Crippen molar-refractivity contribution in [2.24, 2.45) is 0 Å². The van der Waals surface area contributed by atoms with E-state index in [9.17, 15) is 0 Å². The van der Waals surface area contributed by atoms with Crippen LogP contribution in [0.15, 0.2) is 60.3 Å². The molecule has 0 fully saturated rings. The van der Waals surface area contributed by atoms with Gasteiger partial charge in [0.1, 0.15) is 0 Å². The van der Waals surface area contributed by atoms with Crippen LogP contribution in [-0.2, 0) is 0 Å². The summed E-state index contributed by atoms with van der Waals surface area (Å²) in [6, 6.07) is 8.42. The fourth-order valence-corrected chi connectivity index (χ4v) is 1.94. The summed E-state index contributed by atoms with van der Waals surface area (Å²) in [6.45, 7) is 0. The van der Waals surface area contributed by atoms with Crippen LogP contribution in [0.3, 0.4) is 0 Å². The van der Waals surface area contributed by atoms with Crippen LogP contribution in [0.1, 0.15) is 11.1 Å². The second-order valence-electron chi connectivity index (χ2n) is 3.61. The lowest BCUT2D eigenvalue weighted by molar-refractivity contribution is 1.19. The van der Waals surface area contributed by atoms with E-state index < -0.39 is 0 Å². The molecule has 15 heavy (non-hydrogen) atoms. The van der Waals surface area contributed by atoms with E-state index in [-0.39, 0.29) is 0 Å². The Morgan fingerprint density at radius 3 is 2.53 bits per heavy atom. The quantitative estimate of drug-likeness (QED) is 0.667. The number of allylic oxidation sites excluding steroid dienone is 5. The highest BCUT2D eigenvalue weighted by molar-refractivity contribution is 5.82. The maximum Gasteiger partial charge on any atom is 0.0533 e. The molecule has 0 aromatic heterocycles. The zero-order valence-electron chi connectivity index (χ0n) is 8.27. The molecule has 0 spiro atoms. The lowest BCUT2D eigenvalue weighted by Gasteiger charge is -2.17. The Morgan fingerprint density at radius 1 is 0.867 bits per heavy atom. The van der Waals surface area contributed by atoms with Crippen LogP contribution < -0.4 is 5.32 Å². The molecule has 3 rings (SSSR count). The first-order chi connectivity index (χ1) is 7.45. The Bertz CT molecular complexity index is 502. The fraction of sp³-hybridized carbons (Fsp3) is 0. The summed E-state index contributed by atoms with van der Waals surface area (Å²) < 4.78 is 0. The van der Waals surface area contributed by atoms with Gasteiger partial charge in [-0.2, -0.15) is 0 Å². The molecule has 1 nitrogen and oxygen atoms in total. The first-order valence-electron chi connectivity index (χ1n) is 5.07. The molecule has 0 saturated carbocycles. The van der Waals surface area contributed by atoms with Crippen LogP contribution in [-0.4, -0.2) is 0 Å². The number of rotatable bonds is 0. The van der Waals surface area contributed by atoms with Gasteiger partial charge in [0.05, 0.1) is 5.70 Å². The molecule has 1 heterocycles. The highest BCUT2D eigenvalue weighted by atomic mass is 14.9. The molecular formula is C14H11N. The average Bonchev–Trinajstić information content (AvgIpc) is 2.82. The zero-order valence-corrected chi connectivity index (χ0v) is 8.27. The number of hydrogen-bond donors (Lipinski definition) is 1. The van der Waals surface area contributed by atoms with Gasteiger partial charge in [-0.1, -0.05) is 48.6 Å². The lowest BCUT2D eigenvalue weighted by atomic mass is 9.99. The highest BCUT2D eigenvalue weighted by Crippen LogP contribution is 2.27. The minimum absolute atomic E-state index is 1.19. The molecule has 1 aliphatic carbocycles. The molecule has 1 heteroatoms. The van der Waals surface area contributed by atoms with Gasteiger partial charge in [0.25, 0.3) is 0 Å². The zero-order chi connectivity index (χ0) is 10.1. The molecule has 1 aromatic rings. The van der Waals surface area contributed by atoms with E-state index in [0.717, 1.165) is 0 Å². The Labute approximate surface area is 89.1 Å². The van der Waals surface area contributed by atoms with Crippen molar-refractivity contribution in [3.8, 4) is 0 Å². The van der Waals surface area contributed by atoms with E-state index in [1.807, 2.05) is 6.20 Å². The van der Waals surface area contributed by atoms with Crippen LogP contribution in [0.25, 0.3) is 11.8 Å². The summed E-state index contributed by atoms with van der Waals surface area (Å²) in [4.78, 5) is 0. The second kappa shape index (κ2) is 3.28. The second-order valence-corrected chi connectivity index (χ2v) is 3.61. The van der Waals surface area contributed by atoms with Crippen molar-refractivity contribution in [1.29, 1.82) is 0 Å². The Kier molecular flexibility index (Phi) is 1.82. The van der Waals surface area contributed by atoms with Gasteiger partial charge in [-0.3, -0.25) is 0 Å². The van der Waals surface area contributed by atoms with Gasteiger partial charge < -0.3 is 5.32 Å². The molecule has 0 unspecified atom stereocenters. The molecule has 1 N–H and O–H groups in total. The molecule has 0 radical (unpaired) electrons. The van der Waals surface area contributed by atoms with Crippen molar-refractivity contribution >= 4 is 11.8 Å². The van der Waals surface area contributed by atoms with Gasteiger partial charge in [-0.25, -0.2) is 0 Å². The van der Waals surface area contributed by atoms with E-state index in [1.54, 1.807) is 0 Å². The first-order valence-corrected chi connectivity index (χ1v) is 5.07. The monoisotopic (exact) mass is 193 g/mol. The molecule has 0 saturated heterocycles. The largest absolute Gasteiger partial charge is 0.361 e. The lowest BCUT2D eigenvalue weighted by Crippen LogP contribution is -2.10. The van der Waals surface area contributed by atoms with Gasteiger partial charge in [-0.15, -0.1) is 0 Å². The van der Waals surface area contributed by atoms with E-state index in [4.69, 9.17) is 0 Å². The van der Waals surface area contributed by atoms with E-state index in [0.29, 0.717) is 0 Å². The smallest absolute Gasteiger partial charge is 0.0533 e. The molecule has 1 aromatic carbocycles. The van der Waals surface area contributed by atoms with Gasteiger partial charge in [0.15, 0.2) is 0 Å². The minimum Gasteiger partial charge on any atom is -0.361 e. The summed E-state index contributed by atoms with van der Waals surface area (Å²) in [7, 11) is 0. The van der Waals surface area contributed by atoms with Gasteiger partial charge >= 0.3 is 0 Å². The van der Waals surface area contributed by atoms with Gasteiger partial charge in [0.2, 0.25) is 0 Å². The summed E-state index contributed by atoms with van der Waals surface area (Å²) >= 11 is 0. The summed E-state index contributed by atoms with van der Waals surface area (Å²) in [5.74, 6) is 0. The molecule has 0 amide bonds. The minimum atomic E-state index is 1.19. The van der Waals surface area contributed by atoms with Crippen LogP contribution in [0.4, 0.5) is 0 Å². The Hall–Kier alpha value is -2.02. The Balaban J connectivity index is 2.22. The molecule has 0 bridgehead atoms. The summed E-state index contributed by atoms with van der Waals surface area (Å²) in [6.07, 6.45) is 12.5. The fourth-order valence-electron chi connectivity index (χ4n) is 1.94. The van der Waals surface area contributed by atoms with Crippen molar-refractivity contribution in [3.63, 3.8) is 0 Å². The highest BCUT2D eigenvalue weighted by Gasteiger charge is 2.11. The first kappa shape index (κ1) is 8.30. The third-order valence-electron chi connectivity index (χ3n) is 2.67. The number of fused-ring (bicyclic) bond motifs is 1. The number of benzene rings is 1. The van der Waals surface area contributed by atoms with Crippen molar-refractivity contribution in [3.05, 3.63) is 71.5 Å². The van der Waals surface area contributed by atoms with Gasteiger partial charge in [-0.05, 0) is 17.2 Å².